The monoisotopic (exact) mass is 480 g/mol. The third-order valence-electron chi connectivity index (χ3n) is 6.41. The molecule has 34 heavy (non-hydrogen) atoms. The molecule has 2 amide bonds. The van der Waals surface area contributed by atoms with Crippen molar-refractivity contribution in [3.8, 4) is 0 Å². The lowest BCUT2D eigenvalue weighted by Crippen LogP contribution is -2.44. The summed E-state index contributed by atoms with van der Waals surface area (Å²) in [6.07, 6.45) is 6.12. The van der Waals surface area contributed by atoms with Crippen LogP contribution >= 0.6 is 11.3 Å². The van der Waals surface area contributed by atoms with E-state index in [-0.39, 0.29) is 30.3 Å². The van der Waals surface area contributed by atoms with Crippen molar-refractivity contribution in [3.05, 3.63) is 70.7 Å². The van der Waals surface area contributed by atoms with Crippen LogP contribution in [-0.4, -0.2) is 53.6 Å². The fourth-order valence-corrected chi connectivity index (χ4v) is 5.27. The summed E-state index contributed by atoms with van der Waals surface area (Å²) in [5.74, 6) is 1.41. The lowest BCUT2D eigenvalue weighted by atomic mass is 9.96. The van der Waals surface area contributed by atoms with Crippen molar-refractivity contribution >= 4 is 28.9 Å². The van der Waals surface area contributed by atoms with E-state index < -0.39 is 0 Å². The van der Waals surface area contributed by atoms with Crippen LogP contribution in [0.15, 0.2) is 68.2 Å². The third-order valence-corrected chi connectivity index (χ3v) is 7.35. The highest BCUT2D eigenvalue weighted by Crippen LogP contribution is 2.33. The van der Waals surface area contributed by atoms with Gasteiger partial charge in [0.1, 0.15) is 23.3 Å². The lowest BCUT2D eigenvalue weighted by molar-refractivity contribution is -0.135. The number of nitrogens with zero attached hydrogens (tertiary/aromatic N) is 3. The Balaban J connectivity index is 1.14. The Kier molecular flexibility index (Phi) is 6.92. The highest BCUT2D eigenvalue weighted by atomic mass is 32.1. The van der Waals surface area contributed by atoms with Crippen LogP contribution in [0.25, 0.3) is 0 Å². The maximum Gasteiger partial charge on any atom is 0.257 e. The van der Waals surface area contributed by atoms with Crippen LogP contribution in [0.2, 0.25) is 0 Å². The molecule has 1 fully saturated rings. The number of likely N-dealkylation sites (tertiary alicyclic amines) is 1. The van der Waals surface area contributed by atoms with Crippen molar-refractivity contribution in [3.63, 3.8) is 0 Å². The normalized spacial score (nSPS) is 19.4. The molecule has 2 aliphatic heterocycles. The lowest BCUT2D eigenvalue weighted by Gasteiger charge is -2.32. The number of piperidine rings is 1. The van der Waals surface area contributed by atoms with Gasteiger partial charge in [-0.25, -0.2) is 5.01 Å². The molecule has 1 N–H and O–H groups in total. The molecule has 178 valence electrons. The number of carbonyl (C=O) groups is 2. The van der Waals surface area contributed by atoms with E-state index in [0.29, 0.717) is 37.6 Å². The summed E-state index contributed by atoms with van der Waals surface area (Å²) < 4.78 is 11.1. The zero-order chi connectivity index (χ0) is 23.3. The molecule has 0 aliphatic carbocycles. The molecule has 0 bridgehead atoms. The Hall–Kier alpha value is -3.17. The van der Waals surface area contributed by atoms with E-state index in [0.717, 1.165) is 25.0 Å². The first-order valence-electron chi connectivity index (χ1n) is 11.7. The van der Waals surface area contributed by atoms with E-state index in [4.69, 9.17) is 8.83 Å². The van der Waals surface area contributed by atoms with Crippen LogP contribution < -0.4 is 5.32 Å². The minimum absolute atomic E-state index is 0.000850. The quantitative estimate of drug-likeness (QED) is 0.531. The van der Waals surface area contributed by atoms with Crippen LogP contribution in [0, 0.1) is 5.92 Å². The molecular formula is C25H28N4O4S. The minimum atomic E-state index is -0.283. The van der Waals surface area contributed by atoms with E-state index in [2.05, 4.69) is 26.8 Å². The van der Waals surface area contributed by atoms with Crippen LogP contribution in [0.5, 0.6) is 0 Å². The topological polar surface area (TPSA) is 91.3 Å². The van der Waals surface area contributed by atoms with Gasteiger partial charge in [0.25, 0.3) is 5.91 Å². The predicted octanol–water partition coefficient (Wildman–Crippen LogP) is 3.68. The average molecular weight is 481 g/mol. The van der Waals surface area contributed by atoms with Gasteiger partial charge < -0.3 is 14.2 Å². The summed E-state index contributed by atoms with van der Waals surface area (Å²) in [5, 5.41) is 11.2. The number of furan rings is 2. The first-order valence-corrected chi connectivity index (χ1v) is 12.5. The second-order valence-electron chi connectivity index (χ2n) is 8.67. The number of amides is 2. The van der Waals surface area contributed by atoms with E-state index >= 15 is 0 Å². The number of hydrogen-bond donors (Lipinski definition) is 1. The molecule has 5 rings (SSSR count). The first-order chi connectivity index (χ1) is 16.7. The summed E-state index contributed by atoms with van der Waals surface area (Å²) in [7, 11) is 0. The highest BCUT2D eigenvalue weighted by Gasteiger charge is 2.36. The molecule has 0 radical (unpaired) electrons. The molecule has 8 nitrogen and oxygen atoms in total. The van der Waals surface area contributed by atoms with Crippen molar-refractivity contribution in [2.24, 2.45) is 11.0 Å². The molecule has 0 saturated carbocycles. The molecule has 1 unspecified atom stereocenters. The van der Waals surface area contributed by atoms with Crippen molar-refractivity contribution in [2.45, 2.75) is 31.7 Å². The largest absolute Gasteiger partial charge is 0.467 e. The first kappa shape index (κ1) is 22.6. The summed E-state index contributed by atoms with van der Waals surface area (Å²) in [4.78, 5) is 29.2. The van der Waals surface area contributed by atoms with Crippen LogP contribution in [0.4, 0.5) is 0 Å². The average Bonchev–Trinajstić information content (AvgIpc) is 3.65. The van der Waals surface area contributed by atoms with Gasteiger partial charge in [-0.15, -0.1) is 11.3 Å². The van der Waals surface area contributed by atoms with Gasteiger partial charge in [-0.05, 0) is 68.1 Å². The van der Waals surface area contributed by atoms with E-state index in [9.17, 15) is 9.59 Å². The van der Waals surface area contributed by atoms with Gasteiger partial charge in [0, 0.05) is 23.8 Å². The summed E-state index contributed by atoms with van der Waals surface area (Å²) >= 11 is 1.71. The third kappa shape index (κ3) is 5.15. The number of hydrogen-bond acceptors (Lipinski definition) is 7. The zero-order valence-corrected chi connectivity index (χ0v) is 19.7. The molecule has 1 atom stereocenters. The molecular weight excluding hydrogens is 452 g/mol. The molecule has 2 aliphatic rings. The minimum Gasteiger partial charge on any atom is -0.467 e. The number of nitrogens with one attached hydrogen (secondary N) is 1. The number of hydrazone groups is 1. The Morgan fingerprint density at radius 2 is 1.91 bits per heavy atom. The SMILES string of the molecule is O=C(NCCc1cccs1)C1CCN(CC(=O)N2N=C(c3ccco3)CC2c2ccco2)CC1. The Bertz CT molecular complexity index is 1100. The van der Waals surface area contributed by atoms with Crippen molar-refractivity contribution < 1.29 is 18.4 Å². The van der Waals surface area contributed by atoms with Crippen LogP contribution in [0.3, 0.4) is 0 Å². The highest BCUT2D eigenvalue weighted by molar-refractivity contribution is 7.09. The molecule has 0 spiro atoms. The van der Waals surface area contributed by atoms with E-state index in [1.807, 2.05) is 30.3 Å². The molecule has 5 heterocycles. The van der Waals surface area contributed by atoms with E-state index in [1.165, 1.54) is 9.89 Å². The fourth-order valence-electron chi connectivity index (χ4n) is 4.56. The summed E-state index contributed by atoms with van der Waals surface area (Å²) in [6.45, 7) is 2.35. The Labute approximate surface area is 202 Å². The predicted molar refractivity (Wildman–Crippen MR) is 128 cm³/mol. The number of carbonyl (C=O) groups excluding carboxylic acids is 2. The van der Waals surface area contributed by atoms with Gasteiger partial charge in [-0.1, -0.05) is 6.07 Å². The molecule has 0 aromatic carbocycles. The summed E-state index contributed by atoms with van der Waals surface area (Å²) in [6, 6.07) is 11.2. The molecule has 9 heteroatoms. The van der Waals surface area contributed by atoms with E-state index in [1.54, 1.807) is 23.9 Å². The maximum absolute atomic E-state index is 13.2. The van der Waals surface area contributed by atoms with Gasteiger partial charge in [0.15, 0.2) is 0 Å². The maximum atomic E-state index is 13.2. The van der Waals surface area contributed by atoms with Gasteiger partial charge in [-0.2, -0.15) is 5.10 Å². The van der Waals surface area contributed by atoms with Crippen LogP contribution in [0.1, 0.15) is 41.7 Å². The van der Waals surface area contributed by atoms with Gasteiger partial charge in [0.05, 0.1) is 19.1 Å². The molecule has 1 saturated heterocycles. The van der Waals surface area contributed by atoms with Crippen molar-refractivity contribution in [1.82, 2.24) is 15.2 Å². The standard InChI is InChI=1S/C25H28N4O4S/c30-24(29-21(23-6-2-14-33-23)16-20(27-29)22-5-1-13-32-22)17-28-11-8-18(9-12-28)25(31)26-10-7-19-4-3-15-34-19/h1-6,13-15,18,21H,7-12,16-17H2,(H,26,31). The second-order valence-corrected chi connectivity index (χ2v) is 9.70. The number of thiophene rings is 1. The van der Waals surface area contributed by atoms with Gasteiger partial charge >= 0.3 is 0 Å². The summed E-state index contributed by atoms with van der Waals surface area (Å²) in [5.41, 5.74) is 0.734. The van der Waals surface area contributed by atoms with Gasteiger partial charge in [0.2, 0.25) is 5.91 Å². The van der Waals surface area contributed by atoms with Crippen molar-refractivity contribution in [1.29, 1.82) is 0 Å². The smallest absolute Gasteiger partial charge is 0.257 e. The van der Waals surface area contributed by atoms with Gasteiger partial charge in [-0.3, -0.25) is 14.5 Å². The second kappa shape index (κ2) is 10.4. The zero-order valence-electron chi connectivity index (χ0n) is 18.9. The van der Waals surface area contributed by atoms with Crippen molar-refractivity contribution in [2.75, 3.05) is 26.2 Å². The van der Waals surface area contributed by atoms with Crippen LogP contribution in [-0.2, 0) is 16.0 Å². The molecule has 3 aromatic rings. The molecule has 3 aromatic heterocycles. The Morgan fingerprint density at radius 3 is 2.62 bits per heavy atom. The fraction of sp³-hybridized carbons (Fsp3) is 0.400. The Morgan fingerprint density at radius 1 is 1.09 bits per heavy atom. The number of rotatable bonds is 8.